The predicted molar refractivity (Wildman–Crippen MR) is 93.6 cm³/mol. The van der Waals surface area contributed by atoms with Crippen LogP contribution in [-0.4, -0.2) is 5.91 Å². The highest BCUT2D eigenvalue weighted by atomic mass is 79.9. The highest BCUT2D eigenvalue weighted by molar-refractivity contribution is 9.10. The van der Waals surface area contributed by atoms with E-state index in [1.807, 2.05) is 48.5 Å². The number of para-hydroxylation sites is 1. The van der Waals surface area contributed by atoms with Crippen LogP contribution in [0.4, 0.5) is 5.69 Å². The molecular weight excluding hydrogens is 346 g/mol. The summed E-state index contributed by atoms with van der Waals surface area (Å²) in [5, 5.41) is 4.00. The van der Waals surface area contributed by atoms with Gasteiger partial charge in [0.15, 0.2) is 0 Å². The van der Waals surface area contributed by atoms with E-state index in [0.29, 0.717) is 0 Å². The number of rotatable bonds is 3. The smallest absolute Gasteiger partial charge is 0.248 e. The van der Waals surface area contributed by atoms with Crippen LogP contribution in [0.5, 0.6) is 0 Å². The van der Waals surface area contributed by atoms with Crippen LogP contribution in [0.1, 0.15) is 4.88 Å². The molecule has 2 aromatic carbocycles. The van der Waals surface area contributed by atoms with Crippen LogP contribution in [0.15, 0.2) is 65.1 Å². The average Bonchev–Trinajstić information content (AvgIpc) is 2.83. The standard InChI is InChI=1S/C17H12BrNOS/c18-17-13-8-4-5-9-14(13)21-15(17)10-11-16(20)19-12-6-2-1-3-7-12/h1-11H,(H,19,20)/b11-10+. The number of hydrogen-bond donors (Lipinski definition) is 1. The number of carbonyl (C=O) groups is 1. The van der Waals surface area contributed by atoms with Crippen molar-refractivity contribution >= 4 is 55.0 Å². The van der Waals surface area contributed by atoms with E-state index in [4.69, 9.17) is 0 Å². The minimum atomic E-state index is -0.134. The molecule has 2 nitrogen and oxygen atoms in total. The van der Waals surface area contributed by atoms with Crippen molar-refractivity contribution in [1.29, 1.82) is 0 Å². The molecule has 0 saturated carbocycles. The third-order valence-electron chi connectivity index (χ3n) is 2.99. The van der Waals surface area contributed by atoms with Crippen molar-refractivity contribution < 1.29 is 4.79 Å². The molecule has 0 bridgehead atoms. The number of carbonyl (C=O) groups excluding carboxylic acids is 1. The lowest BCUT2D eigenvalue weighted by Crippen LogP contribution is -2.07. The molecule has 1 heterocycles. The van der Waals surface area contributed by atoms with E-state index in [1.165, 1.54) is 10.1 Å². The highest BCUT2D eigenvalue weighted by Crippen LogP contribution is 2.36. The fraction of sp³-hybridized carbons (Fsp3) is 0. The predicted octanol–water partition coefficient (Wildman–Crippen LogP) is 5.32. The summed E-state index contributed by atoms with van der Waals surface area (Å²) >= 11 is 5.25. The minimum absolute atomic E-state index is 0.134. The van der Waals surface area contributed by atoms with E-state index < -0.39 is 0 Å². The maximum absolute atomic E-state index is 11.9. The van der Waals surface area contributed by atoms with Gasteiger partial charge in [0.2, 0.25) is 5.91 Å². The second-order valence-corrected chi connectivity index (χ2v) is 6.34. The molecule has 4 heteroatoms. The summed E-state index contributed by atoms with van der Waals surface area (Å²) in [7, 11) is 0. The van der Waals surface area contributed by atoms with Crippen molar-refractivity contribution in [2.24, 2.45) is 0 Å². The van der Waals surface area contributed by atoms with E-state index in [2.05, 4.69) is 33.4 Å². The molecule has 0 atom stereocenters. The maximum atomic E-state index is 11.9. The Labute approximate surface area is 135 Å². The van der Waals surface area contributed by atoms with E-state index in [0.717, 1.165) is 15.0 Å². The van der Waals surface area contributed by atoms with Gasteiger partial charge in [0.1, 0.15) is 0 Å². The molecule has 1 N–H and O–H groups in total. The van der Waals surface area contributed by atoms with Crippen molar-refractivity contribution in [2.45, 2.75) is 0 Å². The van der Waals surface area contributed by atoms with Gasteiger partial charge in [-0.05, 0) is 40.2 Å². The molecule has 3 aromatic rings. The van der Waals surface area contributed by atoms with Crippen molar-refractivity contribution in [1.82, 2.24) is 0 Å². The lowest BCUT2D eigenvalue weighted by Gasteiger charge is -2.00. The molecule has 21 heavy (non-hydrogen) atoms. The minimum Gasteiger partial charge on any atom is -0.323 e. The van der Waals surface area contributed by atoms with Gasteiger partial charge in [-0.1, -0.05) is 36.4 Å². The second kappa shape index (κ2) is 6.24. The summed E-state index contributed by atoms with van der Waals surface area (Å²) < 4.78 is 2.24. The zero-order chi connectivity index (χ0) is 14.7. The molecule has 0 radical (unpaired) electrons. The van der Waals surface area contributed by atoms with E-state index in [1.54, 1.807) is 17.4 Å². The number of anilines is 1. The van der Waals surface area contributed by atoms with Gasteiger partial charge in [-0.25, -0.2) is 0 Å². The van der Waals surface area contributed by atoms with E-state index in [9.17, 15) is 4.79 Å². The Morgan fingerprint density at radius 1 is 1.05 bits per heavy atom. The zero-order valence-corrected chi connectivity index (χ0v) is 13.4. The fourth-order valence-electron chi connectivity index (χ4n) is 2.00. The molecule has 0 spiro atoms. The van der Waals surface area contributed by atoms with Gasteiger partial charge in [0, 0.05) is 31.2 Å². The Morgan fingerprint density at radius 3 is 2.52 bits per heavy atom. The first-order chi connectivity index (χ1) is 10.2. The lowest BCUT2D eigenvalue weighted by atomic mass is 10.2. The van der Waals surface area contributed by atoms with Crippen LogP contribution < -0.4 is 5.32 Å². The van der Waals surface area contributed by atoms with Gasteiger partial charge in [0.25, 0.3) is 0 Å². The molecule has 0 aliphatic carbocycles. The van der Waals surface area contributed by atoms with Crippen LogP contribution in [0.25, 0.3) is 16.2 Å². The largest absolute Gasteiger partial charge is 0.323 e. The Kier molecular flexibility index (Phi) is 4.18. The molecule has 3 rings (SSSR count). The van der Waals surface area contributed by atoms with Crippen molar-refractivity contribution in [2.75, 3.05) is 5.32 Å². The fourth-order valence-corrected chi connectivity index (χ4v) is 3.85. The number of fused-ring (bicyclic) bond motifs is 1. The first kappa shape index (κ1) is 14.0. The van der Waals surface area contributed by atoms with Gasteiger partial charge < -0.3 is 5.32 Å². The first-order valence-electron chi connectivity index (χ1n) is 6.45. The molecule has 1 aromatic heterocycles. The van der Waals surface area contributed by atoms with Crippen molar-refractivity contribution in [3.8, 4) is 0 Å². The third-order valence-corrected chi connectivity index (χ3v) is 5.24. The molecule has 0 fully saturated rings. The maximum Gasteiger partial charge on any atom is 0.248 e. The summed E-state index contributed by atoms with van der Waals surface area (Å²) in [6.45, 7) is 0. The number of benzene rings is 2. The van der Waals surface area contributed by atoms with E-state index in [-0.39, 0.29) is 5.91 Å². The van der Waals surface area contributed by atoms with Gasteiger partial charge in [-0.3, -0.25) is 4.79 Å². The van der Waals surface area contributed by atoms with Gasteiger partial charge in [0.05, 0.1) is 0 Å². The Balaban J connectivity index is 1.78. The summed E-state index contributed by atoms with van der Waals surface area (Å²) in [4.78, 5) is 12.9. The number of halogens is 1. The number of thiophene rings is 1. The van der Waals surface area contributed by atoms with E-state index >= 15 is 0 Å². The Hall–Kier alpha value is -1.91. The first-order valence-corrected chi connectivity index (χ1v) is 8.06. The summed E-state index contributed by atoms with van der Waals surface area (Å²) in [5.41, 5.74) is 0.794. The number of nitrogens with one attached hydrogen (secondary N) is 1. The zero-order valence-electron chi connectivity index (χ0n) is 11.0. The van der Waals surface area contributed by atoms with Gasteiger partial charge in [-0.15, -0.1) is 11.3 Å². The highest BCUT2D eigenvalue weighted by Gasteiger charge is 2.07. The van der Waals surface area contributed by atoms with Gasteiger partial charge in [-0.2, -0.15) is 0 Å². The summed E-state index contributed by atoms with van der Waals surface area (Å²) in [6, 6.07) is 17.6. The number of hydrogen-bond acceptors (Lipinski definition) is 2. The third kappa shape index (κ3) is 3.23. The lowest BCUT2D eigenvalue weighted by molar-refractivity contribution is -0.111. The SMILES string of the molecule is O=C(/C=C/c1sc2ccccc2c1Br)Nc1ccccc1. The number of amides is 1. The van der Waals surface area contributed by atoms with Crippen LogP contribution in [-0.2, 0) is 4.79 Å². The summed E-state index contributed by atoms with van der Waals surface area (Å²) in [5.74, 6) is -0.134. The Bertz CT molecular complexity index is 808. The molecular formula is C17H12BrNOS. The molecule has 1 amide bonds. The average molecular weight is 358 g/mol. The topological polar surface area (TPSA) is 29.1 Å². The molecule has 0 aliphatic rings. The molecule has 0 saturated heterocycles. The van der Waals surface area contributed by atoms with Crippen LogP contribution in [0, 0.1) is 0 Å². The van der Waals surface area contributed by atoms with Crippen LogP contribution in [0.3, 0.4) is 0 Å². The summed E-state index contributed by atoms with van der Waals surface area (Å²) in [6.07, 6.45) is 3.40. The second-order valence-electron chi connectivity index (χ2n) is 4.47. The normalized spacial score (nSPS) is 11.1. The molecule has 0 unspecified atom stereocenters. The Morgan fingerprint density at radius 2 is 1.76 bits per heavy atom. The van der Waals surface area contributed by atoms with Crippen molar-refractivity contribution in [3.63, 3.8) is 0 Å². The van der Waals surface area contributed by atoms with Crippen LogP contribution >= 0.6 is 27.3 Å². The van der Waals surface area contributed by atoms with Crippen molar-refractivity contribution in [3.05, 3.63) is 70.0 Å². The van der Waals surface area contributed by atoms with Crippen LogP contribution in [0.2, 0.25) is 0 Å². The monoisotopic (exact) mass is 357 g/mol. The molecule has 104 valence electrons. The quantitative estimate of drug-likeness (QED) is 0.631. The molecule has 0 aliphatic heterocycles. The van der Waals surface area contributed by atoms with Gasteiger partial charge >= 0.3 is 0 Å².